The number of nitrogens with zero attached hydrogens (tertiary/aromatic N) is 1. The third kappa shape index (κ3) is 4.36. The maximum absolute atomic E-state index is 12.4. The summed E-state index contributed by atoms with van der Waals surface area (Å²) in [5.74, 6) is 1.01. The van der Waals surface area contributed by atoms with Gasteiger partial charge in [0.1, 0.15) is 11.3 Å². The number of hydrogen-bond donors (Lipinski definition) is 1. The van der Waals surface area contributed by atoms with E-state index in [0.29, 0.717) is 19.5 Å². The molecular formula is C19H28N2O3. The number of carbonyl (C=O) groups is 1. The molecular weight excluding hydrogens is 304 g/mol. The summed E-state index contributed by atoms with van der Waals surface area (Å²) >= 11 is 0. The summed E-state index contributed by atoms with van der Waals surface area (Å²) in [4.78, 5) is 14.1. The third-order valence-corrected chi connectivity index (χ3v) is 4.36. The monoisotopic (exact) mass is 332 g/mol. The molecule has 2 rings (SSSR count). The lowest BCUT2D eigenvalue weighted by molar-refractivity contribution is -0.132. The van der Waals surface area contributed by atoms with Crippen molar-refractivity contribution >= 4 is 16.9 Å². The van der Waals surface area contributed by atoms with Gasteiger partial charge in [-0.05, 0) is 12.5 Å². The van der Waals surface area contributed by atoms with Crippen LogP contribution in [-0.2, 0) is 22.5 Å². The van der Waals surface area contributed by atoms with Crippen LogP contribution in [0.5, 0.6) is 0 Å². The molecule has 0 fully saturated rings. The van der Waals surface area contributed by atoms with Gasteiger partial charge in [0.15, 0.2) is 0 Å². The van der Waals surface area contributed by atoms with Gasteiger partial charge in [-0.2, -0.15) is 0 Å². The van der Waals surface area contributed by atoms with Crippen molar-refractivity contribution in [2.45, 2.75) is 45.3 Å². The highest BCUT2D eigenvalue weighted by atomic mass is 16.5. The topological polar surface area (TPSA) is 68.7 Å². The molecule has 0 radical (unpaired) electrons. The molecule has 0 saturated heterocycles. The first-order valence-electron chi connectivity index (χ1n) is 8.56. The third-order valence-electron chi connectivity index (χ3n) is 4.36. The summed E-state index contributed by atoms with van der Waals surface area (Å²) < 4.78 is 11.2. The number of aryl methyl sites for hydroxylation is 1. The molecule has 132 valence electrons. The van der Waals surface area contributed by atoms with E-state index in [9.17, 15) is 4.79 Å². The van der Waals surface area contributed by atoms with Crippen molar-refractivity contribution in [2.75, 3.05) is 20.7 Å². The number of amides is 1. The van der Waals surface area contributed by atoms with Crippen molar-refractivity contribution in [1.29, 1.82) is 0 Å². The average molecular weight is 332 g/mol. The normalized spacial score (nSPS) is 12.5. The molecule has 2 N–H and O–H groups in total. The molecule has 0 aliphatic heterocycles. The molecule has 1 amide bonds. The smallest absolute Gasteiger partial charge is 0.225 e. The predicted molar refractivity (Wildman–Crippen MR) is 95.8 cm³/mol. The van der Waals surface area contributed by atoms with Gasteiger partial charge in [0.2, 0.25) is 5.91 Å². The Kier molecular flexibility index (Phi) is 6.82. The fourth-order valence-electron chi connectivity index (χ4n) is 2.80. The maximum atomic E-state index is 12.4. The van der Waals surface area contributed by atoms with E-state index in [2.05, 4.69) is 13.0 Å². The van der Waals surface area contributed by atoms with Gasteiger partial charge in [-0.15, -0.1) is 0 Å². The first-order valence-corrected chi connectivity index (χ1v) is 8.56. The molecule has 2 aromatic rings. The number of nitrogens with two attached hydrogens (primary N) is 1. The van der Waals surface area contributed by atoms with Crippen molar-refractivity contribution < 1.29 is 13.9 Å². The number of hydrogen-bond acceptors (Lipinski definition) is 4. The summed E-state index contributed by atoms with van der Waals surface area (Å²) in [5, 5.41) is 1.09. The number of para-hydroxylation sites is 1. The van der Waals surface area contributed by atoms with Crippen LogP contribution in [0.15, 0.2) is 28.7 Å². The number of unbranched alkanes of at least 4 members (excludes halogenated alkanes) is 1. The first kappa shape index (κ1) is 18.5. The number of ether oxygens (including phenoxy) is 1. The van der Waals surface area contributed by atoms with Gasteiger partial charge in [0.25, 0.3) is 0 Å². The average Bonchev–Trinajstić information content (AvgIpc) is 2.95. The molecule has 1 aromatic carbocycles. The Labute approximate surface area is 143 Å². The Morgan fingerprint density at radius 3 is 2.79 bits per heavy atom. The number of rotatable bonds is 9. The van der Waals surface area contributed by atoms with Crippen molar-refractivity contribution in [2.24, 2.45) is 5.73 Å². The number of benzene rings is 1. The van der Waals surface area contributed by atoms with E-state index in [1.165, 1.54) is 0 Å². The van der Waals surface area contributed by atoms with E-state index in [-0.39, 0.29) is 12.0 Å². The van der Waals surface area contributed by atoms with Gasteiger partial charge in [0, 0.05) is 44.6 Å². The minimum Gasteiger partial charge on any atom is -0.461 e. The summed E-state index contributed by atoms with van der Waals surface area (Å²) in [6.07, 6.45) is 3.14. The molecule has 0 aliphatic carbocycles. The van der Waals surface area contributed by atoms with Gasteiger partial charge in [-0.1, -0.05) is 31.5 Å². The van der Waals surface area contributed by atoms with Gasteiger partial charge < -0.3 is 19.8 Å². The Bertz CT molecular complexity index is 662. The highest BCUT2D eigenvalue weighted by molar-refractivity contribution is 5.83. The van der Waals surface area contributed by atoms with Crippen LogP contribution in [0.3, 0.4) is 0 Å². The molecule has 5 nitrogen and oxygen atoms in total. The minimum atomic E-state index is -0.236. The Morgan fingerprint density at radius 1 is 1.38 bits per heavy atom. The van der Waals surface area contributed by atoms with Crippen LogP contribution in [0.25, 0.3) is 11.0 Å². The van der Waals surface area contributed by atoms with Crippen LogP contribution < -0.4 is 5.73 Å². The van der Waals surface area contributed by atoms with E-state index in [0.717, 1.165) is 41.6 Å². The molecule has 1 atom stereocenters. The van der Waals surface area contributed by atoms with E-state index in [1.807, 2.05) is 25.2 Å². The number of carbonyl (C=O) groups excluding carboxylic acids is 1. The molecule has 24 heavy (non-hydrogen) atoms. The Balaban J connectivity index is 2.19. The van der Waals surface area contributed by atoms with Crippen molar-refractivity contribution in [3.05, 3.63) is 35.6 Å². The molecule has 5 heteroatoms. The second-order valence-corrected chi connectivity index (χ2v) is 6.15. The minimum absolute atomic E-state index is 0.0269. The molecule has 1 unspecified atom stereocenters. The lowest BCUT2D eigenvalue weighted by atomic mass is 10.1. The van der Waals surface area contributed by atoms with Gasteiger partial charge in [-0.25, -0.2) is 0 Å². The van der Waals surface area contributed by atoms with E-state index in [4.69, 9.17) is 14.9 Å². The quantitative estimate of drug-likeness (QED) is 0.766. The molecule has 0 bridgehead atoms. The highest BCUT2D eigenvalue weighted by Gasteiger charge is 2.20. The molecule has 0 spiro atoms. The van der Waals surface area contributed by atoms with Crippen LogP contribution in [-0.4, -0.2) is 37.6 Å². The standard InChI is InChI=1S/C19H28N2O3/c1-4-5-9-18-16(15-8-6-7-10-17(15)24-18)13-21(2)19(22)11-14(12-20)23-3/h6-8,10,14H,4-5,9,11-13,20H2,1-3H3. The second-order valence-electron chi connectivity index (χ2n) is 6.15. The maximum Gasteiger partial charge on any atom is 0.225 e. The van der Waals surface area contributed by atoms with Gasteiger partial charge >= 0.3 is 0 Å². The summed E-state index contributed by atoms with van der Waals surface area (Å²) in [6, 6.07) is 8.01. The Morgan fingerprint density at radius 2 is 2.12 bits per heavy atom. The fraction of sp³-hybridized carbons (Fsp3) is 0.526. The molecule has 1 aromatic heterocycles. The zero-order chi connectivity index (χ0) is 17.5. The zero-order valence-electron chi connectivity index (χ0n) is 14.9. The summed E-state index contributed by atoms with van der Waals surface area (Å²) in [7, 11) is 3.40. The van der Waals surface area contributed by atoms with Crippen LogP contribution in [0, 0.1) is 0 Å². The van der Waals surface area contributed by atoms with Crippen molar-refractivity contribution in [3.63, 3.8) is 0 Å². The summed E-state index contributed by atoms with van der Waals surface area (Å²) in [6.45, 7) is 3.04. The van der Waals surface area contributed by atoms with E-state index >= 15 is 0 Å². The molecule has 1 heterocycles. The number of furan rings is 1. The van der Waals surface area contributed by atoms with Gasteiger partial charge in [0.05, 0.1) is 12.5 Å². The van der Waals surface area contributed by atoms with Gasteiger partial charge in [-0.3, -0.25) is 4.79 Å². The molecule has 0 saturated carbocycles. The van der Waals surface area contributed by atoms with E-state index < -0.39 is 0 Å². The van der Waals surface area contributed by atoms with Crippen LogP contribution in [0.4, 0.5) is 0 Å². The highest BCUT2D eigenvalue weighted by Crippen LogP contribution is 2.28. The van der Waals surface area contributed by atoms with Crippen LogP contribution >= 0.6 is 0 Å². The summed E-state index contributed by atoms with van der Waals surface area (Å²) in [5.41, 5.74) is 7.60. The fourth-order valence-corrected chi connectivity index (χ4v) is 2.80. The van der Waals surface area contributed by atoms with Crippen molar-refractivity contribution in [3.8, 4) is 0 Å². The predicted octanol–water partition coefficient (Wildman–Crippen LogP) is 3.10. The first-order chi connectivity index (χ1) is 11.6. The van der Waals surface area contributed by atoms with Crippen LogP contribution in [0.1, 0.15) is 37.5 Å². The lowest BCUT2D eigenvalue weighted by Gasteiger charge is -2.20. The number of fused-ring (bicyclic) bond motifs is 1. The largest absolute Gasteiger partial charge is 0.461 e. The van der Waals surface area contributed by atoms with E-state index in [1.54, 1.807) is 12.0 Å². The zero-order valence-corrected chi connectivity index (χ0v) is 14.9. The Hall–Kier alpha value is -1.85. The van der Waals surface area contributed by atoms with Crippen LogP contribution in [0.2, 0.25) is 0 Å². The van der Waals surface area contributed by atoms with Crippen molar-refractivity contribution in [1.82, 2.24) is 4.90 Å². The molecule has 0 aliphatic rings. The SMILES string of the molecule is CCCCc1oc2ccccc2c1CN(C)C(=O)CC(CN)OC. The lowest BCUT2D eigenvalue weighted by Crippen LogP contribution is -2.33. The second kappa shape index (κ2) is 8.85. The number of methoxy groups -OCH3 is 1.